The molecule has 0 unspecified atom stereocenters. The van der Waals surface area contributed by atoms with Gasteiger partial charge in [-0.2, -0.15) is 5.26 Å². The molecule has 0 amide bonds. The topological polar surface area (TPSA) is 48.7 Å². The lowest BCUT2D eigenvalue weighted by Crippen LogP contribution is -2.12. The van der Waals surface area contributed by atoms with Crippen molar-refractivity contribution in [2.24, 2.45) is 0 Å². The smallest absolute Gasteiger partial charge is 0.0999 e. The molecule has 2 heterocycles. The zero-order valence-corrected chi connectivity index (χ0v) is 11.0. The quantitative estimate of drug-likeness (QED) is 0.850. The molecule has 90 valence electrons. The summed E-state index contributed by atoms with van der Waals surface area (Å²) in [7, 11) is 0. The van der Waals surface area contributed by atoms with Crippen molar-refractivity contribution in [1.29, 1.82) is 5.26 Å². The van der Waals surface area contributed by atoms with E-state index in [0.29, 0.717) is 0 Å². The second kappa shape index (κ2) is 4.43. The number of fused-ring (bicyclic) bond motifs is 1. The Morgan fingerprint density at radius 1 is 1.44 bits per heavy atom. The second-order valence-electron chi connectivity index (χ2n) is 4.44. The molecule has 3 rings (SSSR count). The van der Waals surface area contributed by atoms with Crippen LogP contribution in [0.1, 0.15) is 22.6 Å². The highest BCUT2D eigenvalue weighted by atomic mass is 32.1. The highest BCUT2D eigenvalue weighted by Gasteiger charge is 2.15. The Morgan fingerprint density at radius 3 is 3.06 bits per heavy atom. The maximum Gasteiger partial charge on any atom is 0.0999 e. The summed E-state index contributed by atoms with van der Waals surface area (Å²) in [4.78, 5) is 5.35. The van der Waals surface area contributed by atoms with E-state index in [0.717, 1.165) is 46.1 Å². The van der Waals surface area contributed by atoms with Crippen molar-refractivity contribution in [2.45, 2.75) is 19.8 Å². The molecule has 0 aliphatic carbocycles. The molecule has 0 radical (unpaired) electrons. The fraction of sp³-hybridized carbons (Fsp3) is 0.286. The summed E-state index contributed by atoms with van der Waals surface area (Å²) >= 11 is 1.64. The lowest BCUT2D eigenvalue weighted by atomic mass is 9.96. The molecule has 1 aromatic carbocycles. The van der Waals surface area contributed by atoms with Crippen LogP contribution < -0.4 is 5.32 Å². The molecular formula is C14H13N3S. The minimum atomic E-state index is 0.729. The van der Waals surface area contributed by atoms with Crippen molar-refractivity contribution >= 4 is 17.0 Å². The molecule has 2 aromatic rings. The van der Waals surface area contributed by atoms with Crippen molar-refractivity contribution < 1.29 is 0 Å². The summed E-state index contributed by atoms with van der Waals surface area (Å²) in [6, 6.07) is 6.41. The maximum atomic E-state index is 9.29. The van der Waals surface area contributed by atoms with Crippen LogP contribution in [0.25, 0.3) is 10.4 Å². The van der Waals surface area contributed by atoms with Gasteiger partial charge in [-0.05, 0) is 37.5 Å². The van der Waals surface area contributed by atoms with Gasteiger partial charge in [-0.25, -0.2) is 4.98 Å². The van der Waals surface area contributed by atoms with Gasteiger partial charge in [0.05, 0.1) is 21.5 Å². The monoisotopic (exact) mass is 255 g/mol. The van der Waals surface area contributed by atoms with Gasteiger partial charge in [-0.15, -0.1) is 11.3 Å². The molecule has 1 aliphatic rings. The van der Waals surface area contributed by atoms with E-state index in [9.17, 15) is 5.26 Å². The van der Waals surface area contributed by atoms with Crippen molar-refractivity contribution in [3.63, 3.8) is 0 Å². The van der Waals surface area contributed by atoms with Gasteiger partial charge >= 0.3 is 0 Å². The van der Waals surface area contributed by atoms with Crippen LogP contribution in [0.15, 0.2) is 18.3 Å². The van der Waals surface area contributed by atoms with E-state index >= 15 is 0 Å². The van der Waals surface area contributed by atoms with E-state index in [1.54, 1.807) is 11.3 Å². The first kappa shape index (κ1) is 11.2. The third-order valence-corrected chi connectivity index (χ3v) is 4.13. The lowest BCUT2D eigenvalue weighted by molar-refractivity contribution is 0.830. The predicted molar refractivity (Wildman–Crippen MR) is 73.8 cm³/mol. The van der Waals surface area contributed by atoms with Gasteiger partial charge in [0, 0.05) is 24.0 Å². The second-order valence-corrected chi connectivity index (χ2v) is 5.68. The molecule has 0 fully saturated rings. The Hall–Kier alpha value is -1.86. The van der Waals surface area contributed by atoms with Crippen molar-refractivity contribution in [2.75, 3.05) is 11.9 Å². The van der Waals surface area contributed by atoms with E-state index in [-0.39, 0.29) is 0 Å². The summed E-state index contributed by atoms with van der Waals surface area (Å²) in [6.45, 7) is 2.98. The molecule has 0 saturated heterocycles. The molecule has 1 aromatic heterocycles. The van der Waals surface area contributed by atoms with Crippen molar-refractivity contribution in [3.05, 3.63) is 34.5 Å². The van der Waals surface area contributed by atoms with Crippen LogP contribution in [0.4, 0.5) is 5.69 Å². The number of benzene rings is 1. The van der Waals surface area contributed by atoms with Gasteiger partial charge in [-0.1, -0.05) is 0 Å². The predicted octanol–water partition coefficient (Wildman–Crippen LogP) is 3.35. The van der Waals surface area contributed by atoms with Crippen molar-refractivity contribution in [3.8, 4) is 16.5 Å². The van der Waals surface area contributed by atoms with Gasteiger partial charge in [-0.3, -0.25) is 0 Å². The van der Waals surface area contributed by atoms with Crippen LogP contribution in [0, 0.1) is 18.3 Å². The highest BCUT2D eigenvalue weighted by molar-refractivity contribution is 7.15. The van der Waals surface area contributed by atoms with E-state index in [1.165, 1.54) is 5.56 Å². The average Bonchev–Trinajstić information content (AvgIpc) is 2.83. The van der Waals surface area contributed by atoms with Crippen LogP contribution in [0.3, 0.4) is 0 Å². The molecular weight excluding hydrogens is 242 g/mol. The fourth-order valence-corrected chi connectivity index (χ4v) is 3.11. The molecule has 18 heavy (non-hydrogen) atoms. The SMILES string of the molecule is Cc1ncc(-c2cc3c(cc2C#N)NCCC3)s1. The minimum absolute atomic E-state index is 0.729. The first-order valence-electron chi connectivity index (χ1n) is 6.01. The molecule has 0 bridgehead atoms. The van der Waals surface area contributed by atoms with E-state index in [2.05, 4.69) is 22.4 Å². The van der Waals surface area contributed by atoms with Crippen LogP contribution in [-0.2, 0) is 6.42 Å². The standard InChI is InChI=1S/C14H13N3S/c1-9-17-8-14(18-9)12-5-10-3-2-4-16-13(10)6-11(12)7-15/h5-6,8,16H,2-4H2,1H3. The number of hydrogen-bond acceptors (Lipinski definition) is 4. The van der Waals surface area contributed by atoms with Gasteiger partial charge < -0.3 is 5.32 Å². The van der Waals surface area contributed by atoms with Gasteiger partial charge in [0.15, 0.2) is 0 Å². The third kappa shape index (κ3) is 1.87. The van der Waals surface area contributed by atoms with Crippen LogP contribution in [-0.4, -0.2) is 11.5 Å². The molecule has 0 saturated carbocycles. The number of nitriles is 1. The number of aryl methyl sites for hydroxylation is 2. The third-order valence-electron chi connectivity index (χ3n) is 3.19. The van der Waals surface area contributed by atoms with Crippen LogP contribution in [0.2, 0.25) is 0 Å². The summed E-state index contributed by atoms with van der Waals surface area (Å²) in [6.07, 6.45) is 4.09. The summed E-state index contributed by atoms with van der Waals surface area (Å²) in [5.41, 5.74) is 4.17. The summed E-state index contributed by atoms with van der Waals surface area (Å²) in [5.74, 6) is 0. The van der Waals surface area contributed by atoms with Crippen LogP contribution >= 0.6 is 11.3 Å². The number of nitrogens with one attached hydrogen (secondary N) is 1. The van der Waals surface area contributed by atoms with E-state index < -0.39 is 0 Å². The first-order chi connectivity index (χ1) is 8.78. The van der Waals surface area contributed by atoms with E-state index in [4.69, 9.17) is 0 Å². The average molecular weight is 255 g/mol. The summed E-state index contributed by atoms with van der Waals surface area (Å²) in [5, 5.41) is 13.7. The lowest BCUT2D eigenvalue weighted by Gasteiger charge is -2.19. The molecule has 1 N–H and O–H groups in total. The Labute approximate surface area is 110 Å². The van der Waals surface area contributed by atoms with Crippen LogP contribution in [0.5, 0.6) is 0 Å². The highest BCUT2D eigenvalue weighted by Crippen LogP contribution is 2.34. The number of hydrogen-bond donors (Lipinski definition) is 1. The molecule has 3 nitrogen and oxygen atoms in total. The number of rotatable bonds is 1. The molecule has 0 spiro atoms. The number of thiazole rings is 1. The minimum Gasteiger partial charge on any atom is -0.385 e. The largest absolute Gasteiger partial charge is 0.385 e. The fourth-order valence-electron chi connectivity index (χ4n) is 2.30. The first-order valence-corrected chi connectivity index (χ1v) is 6.83. The number of nitrogens with zero attached hydrogens (tertiary/aromatic N) is 2. The van der Waals surface area contributed by atoms with Gasteiger partial charge in [0.2, 0.25) is 0 Å². The summed E-state index contributed by atoms with van der Waals surface area (Å²) < 4.78 is 0. The zero-order valence-electron chi connectivity index (χ0n) is 10.2. The zero-order chi connectivity index (χ0) is 12.5. The maximum absolute atomic E-state index is 9.29. The molecule has 1 aliphatic heterocycles. The Morgan fingerprint density at radius 2 is 2.33 bits per heavy atom. The van der Waals surface area contributed by atoms with Gasteiger partial charge in [0.25, 0.3) is 0 Å². The van der Waals surface area contributed by atoms with E-state index in [1.807, 2.05) is 19.2 Å². The Bertz CT molecular complexity index is 637. The molecule has 4 heteroatoms. The van der Waals surface area contributed by atoms with Gasteiger partial charge in [0.1, 0.15) is 0 Å². The normalized spacial score (nSPS) is 13.6. The number of aromatic nitrogens is 1. The number of anilines is 1. The van der Waals surface area contributed by atoms with Crippen molar-refractivity contribution in [1.82, 2.24) is 4.98 Å². The molecule has 0 atom stereocenters. The Balaban J connectivity index is 2.16. The Kier molecular flexibility index (Phi) is 2.77.